The molecule has 1 aromatic carbocycles. The Morgan fingerprint density at radius 2 is 2.19 bits per heavy atom. The highest BCUT2D eigenvalue weighted by Gasteiger charge is 2.17. The van der Waals surface area contributed by atoms with Crippen molar-refractivity contribution in [3.05, 3.63) is 58.0 Å². The Hall–Kier alpha value is -2.65. The van der Waals surface area contributed by atoms with E-state index in [2.05, 4.69) is 41.4 Å². The monoisotopic (exact) mass is 431 g/mol. The molecule has 0 aliphatic heterocycles. The Labute approximate surface area is 159 Å². The Kier molecular flexibility index (Phi) is 4.48. The number of rotatable bonds is 4. The zero-order chi connectivity index (χ0) is 18.1. The van der Waals surface area contributed by atoms with Gasteiger partial charge in [-0.05, 0) is 39.7 Å². The van der Waals surface area contributed by atoms with Gasteiger partial charge in [-0.25, -0.2) is 9.37 Å². The molecule has 6 nitrogen and oxygen atoms in total. The number of benzene rings is 1. The molecule has 3 heterocycles. The minimum Gasteiger partial charge on any atom is -0.317 e. The predicted molar refractivity (Wildman–Crippen MR) is 101 cm³/mol. The topological polar surface area (TPSA) is 83.6 Å². The third kappa shape index (κ3) is 3.35. The minimum absolute atomic E-state index is 0.162. The van der Waals surface area contributed by atoms with Crippen molar-refractivity contribution < 1.29 is 9.18 Å². The van der Waals surface area contributed by atoms with Gasteiger partial charge in [-0.15, -0.1) is 11.3 Å². The average molecular weight is 432 g/mol. The van der Waals surface area contributed by atoms with Crippen molar-refractivity contribution in [2.24, 2.45) is 0 Å². The van der Waals surface area contributed by atoms with Gasteiger partial charge in [0.25, 0.3) is 0 Å². The standard InChI is InChI=1S/C17H11BrFN5OS/c18-12-7-26-17(15(12)16-21-8-22-24-16)23-14(25)4-9-1-2-13-10(3-9)5-11(19)6-20-13/h1-3,5-8H,4H2,(H,23,25)(H,21,22,24). The summed E-state index contributed by atoms with van der Waals surface area (Å²) in [5.41, 5.74) is 2.19. The van der Waals surface area contributed by atoms with Crippen LogP contribution >= 0.6 is 27.3 Å². The Morgan fingerprint density at radius 3 is 3.00 bits per heavy atom. The van der Waals surface area contributed by atoms with E-state index in [1.54, 1.807) is 12.1 Å². The Balaban J connectivity index is 1.55. The van der Waals surface area contributed by atoms with Crippen molar-refractivity contribution in [3.8, 4) is 11.4 Å². The predicted octanol–water partition coefficient (Wildman–Crippen LogP) is 4.16. The maximum Gasteiger partial charge on any atom is 0.229 e. The van der Waals surface area contributed by atoms with Gasteiger partial charge in [-0.3, -0.25) is 14.9 Å². The van der Waals surface area contributed by atoms with E-state index in [1.165, 1.54) is 29.9 Å². The van der Waals surface area contributed by atoms with Crippen LogP contribution in [-0.2, 0) is 11.2 Å². The van der Waals surface area contributed by atoms with Gasteiger partial charge in [-0.2, -0.15) is 5.10 Å². The number of fused-ring (bicyclic) bond motifs is 1. The quantitative estimate of drug-likeness (QED) is 0.507. The number of carbonyl (C=O) groups excluding carboxylic acids is 1. The molecule has 0 radical (unpaired) electrons. The van der Waals surface area contributed by atoms with Crippen LogP contribution in [0.5, 0.6) is 0 Å². The summed E-state index contributed by atoms with van der Waals surface area (Å²) in [4.78, 5) is 20.6. The van der Waals surface area contributed by atoms with E-state index in [0.29, 0.717) is 21.7 Å². The summed E-state index contributed by atoms with van der Waals surface area (Å²) < 4.78 is 14.2. The summed E-state index contributed by atoms with van der Waals surface area (Å²) in [5.74, 6) is -0.0841. The number of aromatic nitrogens is 4. The van der Waals surface area contributed by atoms with Gasteiger partial charge in [-0.1, -0.05) is 6.07 Å². The van der Waals surface area contributed by atoms with Crippen molar-refractivity contribution >= 4 is 49.1 Å². The van der Waals surface area contributed by atoms with E-state index in [9.17, 15) is 9.18 Å². The first-order chi connectivity index (χ1) is 12.6. The van der Waals surface area contributed by atoms with E-state index in [0.717, 1.165) is 15.6 Å². The molecule has 9 heteroatoms. The summed E-state index contributed by atoms with van der Waals surface area (Å²) in [6, 6.07) is 6.76. The van der Waals surface area contributed by atoms with Crippen LogP contribution in [0.4, 0.5) is 9.39 Å². The average Bonchev–Trinajstić information content (AvgIpc) is 3.24. The van der Waals surface area contributed by atoms with Crippen molar-refractivity contribution in [2.45, 2.75) is 6.42 Å². The van der Waals surface area contributed by atoms with Crippen molar-refractivity contribution in [1.29, 1.82) is 0 Å². The number of hydrogen-bond donors (Lipinski definition) is 2. The molecule has 0 bridgehead atoms. The van der Waals surface area contributed by atoms with Gasteiger partial charge in [0.2, 0.25) is 5.91 Å². The van der Waals surface area contributed by atoms with Gasteiger partial charge < -0.3 is 5.32 Å². The van der Waals surface area contributed by atoms with Gasteiger partial charge in [0.15, 0.2) is 5.82 Å². The lowest BCUT2D eigenvalue weighted by atomic mass is 10.1. The fourth-order valence-electron chi connectivity index (χ4n) is 2.59. The molecule has 0 aliphatic carbocycles. The molecular weight excluding hydrogens is 421 g/mol. The van der Waals surface area contributed by atoms with Crippen LogP contribution in [0, 0.1) is 5.82 Å². The molecule has 130 valence electrons. The fourth-order valence-corrected chi connectivity index (χ4v) is 4.21. The number of carbonyl (C=O) groups is 1. The molecule has 0 saturated carbocycles. The molecule has 26 heavy (non-hydrogen) atoms. The van der Waals surface area contributed by atoms with Gasteiger partial charge in [0.05, 0.1) is 23.7 Å². The molecule has 1 amide bonds. The smallest absolute Gasteiger partial charge is 0.229 e. The van der Waals surface area contributed by atoms with Gasteiger partial charge in [0.1, 0.15) is 17.1 Å². The number of halogens is 2. The Morgan fingerprint density at radius 1 is 1.31 bits per heavy atom. The highest BCUT2D eigenvalue weighted by molar-refractivity contribution is 9.10. The maximum absolute atomic E-state index is 13.3. The summed E-state index contributed by atoms with van der Waals surface area (Å²) in [6.07, 6.45) is 2.82. The minimum atomic E-state index is -0.404. The number of pyridine rings is 1. The van der Waals surface area contributed by atoms with Crippen LogP contribution in [0.1, 0.15) is 5.56 Å². The first-order valence-corrected chi connectivity index (χ1v) is 9.24. The number of anilines is 1. The Bertz CT molecular complexity index is 1100. The molecule has 4 rings (SSSR count). The third-order valence-corrected chi connectivity index (χ3v) is 5.54. The van der Waals surface area contributed by atoms with Crippen LogP contribution < -0.4 is 5.32 Å². The normalized spacial score (nSPS) is 11.0. The van der Waals surface area contributed by atoms with E-state index in [-0.39, 0.29) is 12.3 Å². The molecule has 0 spiro atoms. The highest BCUT2D eigenvalue weighted by Crippen LogP contribution is 2.38. The van der Waals surface area contributed by atoms with E-state index < -0.39 is 5.82 Å². The summed E-state index contributed by atoms with van der Waals surface area (Å²) in [5, 5.41) is 12.8. The lowest BCUT2D eigenvalue weighted by Gasteiger charge is -2.06. The second-order valence-corrected chi connectivity index (χ2v) is 7.25. The van der Waals surface area contributed by atoms with Crippen molar-refractivity contribution in [1.82, 2.24) is 20.2 Å². The van der Waals surface area contributed by atoms with Gasteiger partial charge in [0, 0.05) is 15.2 Å². The summed E-state index contributed by atoms with van der Waals surface area (Å²) in [6.45, 7) is 0. The molecule has 2 N–H and O–H groups in total. The zero-order valence-electron chi connectivity index (χ0n) is 13.2. The second-order valence-electron chi connectivity index (χ2n) is 5.52. The first kappa shape index (κ1) is 16.8. The number of nitrogens with zero attached hydrogens (tertiary/aromatic N) is 3. The van der Waals surface area contributed by atoms with Crippen LogP contribution in [0.2, 0.25) is 0 Å². The molecule has 0 fully saturated rings. The zero-order valence-corrected chi connectivity index (χ0v) is 15.6. The number of thiophene rings is 1. The van der Waals surface area contributed by atoms with Crippen molar-refractivity contribution in [2.75, 3.05) is 5.32 Å². The molecule has 0 aliphatic rings. The number of amides is 1. The number of aromatic amines is 1. The number of hydrogen-bond acceptors (Lipinski definition) is 5. The van der Waals surface area contributed by atoms with Crippen LogP contribution in [0.25, 0.3) is 22.3 Å². The highest BCUT2D eigenvalue weighted by atomic mass is 79.9. The van der Waals surface area contributed by atoms with Crippen LogP contribution in [-0.4, -0.2) is 26.1 Å². The number of nitrogens with one attached hydrogen (secondary N) is 2. The lowest BCUT2D eigenvalue weighted by molar-refractivity contribution is -0.115. The largest absolute Gasteiger partial charge is 0.317 e. The van der Waals surface area contributed by atoms with E-state index in [1.807, 2.05) is 11.4 Å². The SMILES string of the molecule is O=C(Cc1ccc2ncc(F)cc2c1)Nc1scc(Br)c1-c1nc[nH]n1. The number of H-pyrrole nitrogens is 1. The van der Waals surface area contributed by atoms with Crippen molar-refractivity contribution in [3.63, 3.8) is 0 Å². The molecular formula is C17H11BrFN5OS. The second kappa shape index (κ2) is 6.93. The first-order valence-electron chi connectivity index (χ1n) is 7.57. The summed E-state index contributed by atoms with van der Waals surface area (Å²) >= 11 is 4.84. The molecule has 0 unspecified atom stereocenters. The van der Waals surface area contributed by atoms with E-state index >= 15 is 0 Å². The lowest BCUT2D eigenvalue weighted by Crippen LogP contribution is -2.14. The van der Waals surface area contributed by atoms with Crippen LogP contribution in [0.3, 0.4) is 0 Å². The maximum atomic E-state index is 13.3. The van der Waals surface area contributed by atoms with Gasteiger partial charge >= 0.3 is 0 Å². The molecule has 0 atom stereocenters. The van der Waals surface area contributed by atoms with Crippen LogP contribution in [0.15, 0.2) is 46.6 Å². The fraction of sp³-hybridized carbons (Fsp3) is 0.0588. The third-order valence-electron chi connectivity index (χ3n) is 3.71. The molecule has 3 aromatic heterocycles. The molecule has 4 aromatic rings. The van der Waals surface area contributed by atoms with E-state index in [4.69, 9.17) is 0 Å². The molecule has 0 saturated heterocycles. The summed E-state index contributed by atoms with van der Waals surface area (Å²) in [7, 11) is 0.